The first kappa shape index (κ1) is 17.7. The van der Waals surface area contributed by atoms with E-state index in [0.29, 0.717) is 34.5 Å². The Morgan fingerprint density at radius 2 is 0.821 bits per heavy atom. The first-order valence-electron chi connectivity index (χ1n) is 8.97. The van der Waals surface area contributed by atoms with Gasteiger partial charge in [0.1, 0.15) is 17.2 Å². The van der Waals surface area contributed by atoms with Gasteiger partial charge in [0.25, 0.3) is 0 Å². The van der Waals surface area contributed by atoms with Crippen LogP contribution in [0.4, 0.5) is 0 Å². The van der Waals surface area contributed by atoms with E-state index in [1.165, 1.54) is 0 Å². The number of ether oxygens (including phenoxy) is 3. The highest BCUT2D eigenvalue weighted by molar-refractivity contribution is 5.58. The standard InChI is InChI=1S/C25H19O3/c1-19-17-23(26-20-11-5-2-6-12-20)25(28-22-15-9-4-10-16-22)24(18-19)27-21-13-7-3-8-14-21/h2-18H,1H2. The molecule has 0 fully saturated rings. The normalized spacial score (nSPS) is 10.3. The Hall–Kier alpha value is -3.72. The van der Waals surface area contributed by atoms with E-state index in [-0.39, 0.29) is 0 Å². The molecule has 0 bridgehead atoms. The molecule has 4 rings (SSSR count). The van der Waals surface area contributed by atoms with E-state index in [4.69, 9.17) is 14.2 Å². The lowest BCUT2D eigenvalue weighted by atomic mass is 10.2. The summed E-state index contributed by atoms with van der Waals surface area (Å²) in [7, 11) is 0. The first-order chi connectivity index (χ1) is 13.8. The van der Waals surface area contributed by atoms with Gasteiger partial charge in [0.2, 0.25) is 5.75 Å². The smallest absolute Gasteiger partial charge is 0.212 e. The monoisotopic (exact) mass is 367 g/mol. The summed E-state index contributed by atoms with van der Waals surface area (Å²) in [5.41, 5.74) is 0.761. The summed E-state index contributed by atoms with van der Waals surface area (Å²) >= 11 is 0. The lowest BCUT2D eigenvalue weighted by Crippen LogP contribution is -1.95. The van der Waals surface area contributed by atoms with E-state index < -0.39 is 0 Å². The minimum absolute atomic E-state index is 0.492. The van der Waals surface area contributed by atoms with E-state index in [9.17, 15) is 0 Å². The Balaban J connectivity index is 1.77. The largest absolute Gasteiger partial charge is 0.453 e. The topological polar surface area (TPSA) is 27.7 Å². The lowest BCUT2D eigenvalue weighted by Gasteiger charge is -2.17. The average molecular weight is 367 g/mol. The predicted molar refractivity (Wildman–Crippen MR) is 110 cm³/mol. The van der Waals surface area contributed by atoms with Gasteiger partial charge in [-0.1, -0.05) is 54.6 Å². The van der Waals surface area contributed by atoms with Crippen molar-refractivity contribution in [1.29, 1.82) is 0 Å². The Morgan fingerprint density at radius 1 is 0.464 bits per heavy atom. The average Bonchev–Trinajstić information content (AvgIpc) is 2.73. The zero-order valence-corrected chi connectivity index (χ0v) is 15.2. The molecule has 0 atom stereocenters. The third kappa shape index (κ3) is 4.33. The summed E-state index contributed by atoms with van der Waals surface area (Å²) in [5, 5.41) is 0. The van der Waals surface area contributed by atoms with Gasteiger partial charge in [-0.15, -0.1) is 0 Å². The van der Waals surface area contributed by atoms with Crippen molar-refractivity contribution in [2.75, 3.05) is 0 Å². The third-order valence-corrected chi connectivity index (χ3v) is 3.99. The molecule has 0 aromatic heterocycles. The molecule has 3 nitrogen and oxygen atoms in total. The van der Waals surface area contributed by atoms with Crippen LogP contribution in [-0.2, 0) is 0 Å². The first-order valence-corrected chi connectivity index (χ1v) is 8.97. The minimum atomic E-state index is 0.492. The highest BCUT2D eigenvalue weighted by Gasteiger charge is 2.17. The molecule has 137 valence electrons. The maximum Gasteiger partial charge on any atom is 0.212 e. The maximum absolute atomic E-state index is 6.16. The maximum atomic E-state index is 6.16. The molecule has 0 unspecified atom stereocenters. The molecule has 0 saturated carbocycles. The van der Waals surface area contributed by atoms with Crippen molar-refractivity contribution in [3.05, 3.63) is 116 Å². The molecule has 4 aromatic carbocycles. The van der Waals surface area contributed by atoms with Crippen LogP contribution in [0.5, 0.6) is 34.5 Å². The van der Waals surface area contributed by atoms with Gasteiger partial charge in [0, 0.05) is 0 Å². The molecule has 0 saturated heterocycles. The molecule has 3 heteroatoms. The molecular formula is C25H19O3. The van der Waals surface area contributed by atoms with Crippen molar-refractivity contribution in [3.8, 4) is 34.5 Å². The molecule has 0 N–H and O–H groups in total. The quantitative estimate of drug-likeness (QED) is 0.359. The van der Waals surface area contributed by atoms with Crippen LogP contribution < -0.4 is 14.2 Å². The predicted octanol–water partition coefficient (Wildman–Crippen LogP) is 7.25. The van der Waals surface area contributed by atoms with Gasteiger partial charge in [-0.3, -0.25) is 0 Å². The van der Waals surface area contributed by atoms with E-state index in [2.05, 4.69) is 6.92 Å². The van der Waals surface area contributed by atoms with Gasteiger partial charge >= 0.3 is 0 Å². The molecule has 0 amide bonds. The van der Waals surface area contributed by atoms with Crippen LogP contribution in [0, 0.1) is 6.92 Å². The van der Waals surface area contributed by atoms with Crippen molar-refractivity contribution in [2.45, 2.75) is 0 Å². The van der Waals surface area contributed by atoms with Crippen LogP contribution in [-0.4, -0.2) is 0 Å². The van der Waals surface area contributed by atoms with Crippen molar-refractivity contribution >= 4 is 0 Å². The molecule has 0 aliphatic carbocycles. The van der Waals surface area contributed by atoms with Crippen molar-refractivity contribution in [1.82, 2.24) is 0 Å². The van der Waals surface area contributed by atoms with E-state index in [0.717, 1.165) is 5.56 Å². The van der Waals surface area contributed by atoms with Crippen LogP contribution in [0.3, 0.4) is 0 Å². The fraction of sp³-hybridized carbons (Fsp3) is 0. The Bertz CT molecular complexity index is 967. The van der Waals surface area contributed by atoms with Crippen molar-refractivity contribution < 1.29 is 14.2 Å². The highest BCUT2D eigenvalue weighted by atomic mass is 16.5. The summed E-state index contributed by atoms with van der Waals surface area (Å²) in [6, 6.07) is 32.3. The van der Waals surface area contributed by atoms with Crippen molar-refractivity contribution in [3.63, 3.8) is 0 Å². The molecule has 0 aliphatic rings. The highest BCUT2D eigenvalue weighted by Crippen LogP contribution is 2.44. The van der Waals surface area contributed by atoms with E-state index >= 15 is 0 Å². The Labute approximate surface area is 164 Å². The summed E-state index contributed by atoms with van der Waals surface area (Å²) in [4.78, 5) is 0. The second-order valence-corrected chi connectivity index (χ2v) is 6.17. The Kier molecular flexibility index (Phi) is 5.25. The van der Waals surface area contributed by atoms with E-state index in [1.54, 1.807) is 0 Å². The minimum Gasteiger partial charge on any atom is -0.453 e. The SMILES string of the molecule is [CH2]c1cc(Oc2ccccc2)c(Oc2ccccc2)c(Oc2ccccc2)c1. The Morgan fingerprint density at radius 3 is 1.21 bits per heavy atom. The number of hydrogen-bond donors (Lipinski definition) is 0. The van der Waals surface area contributed by atoms with Crippen LogP contribution in [0.2, 0.25) is 0 Å². The second kappa shape index (κ2) is 8.31. The summed E-state index contributed by atoms with van der Waals surface area (Å²) in [5.74, 6) is 3.66. The molecule has 0 aliphatic heterocycles. The van der Waals surface area contributed by atoms with Crippen LogP contribution in [0.1, 0.15) is 5.56 Å². The van der Waals surface area contributed by atoms with Crippen LogP contribution in [0.25, 0.3) is 0 Å². The second-order valence-electron chi connectivity index (χ2n) is 6.17. The van der Waals surface area contributed by atoms with Gasteiger partial charge < -0.3 is 14.2 Å². The molecule has 28 heavy (non-hydrogen) atoms. The number of hydrogen-bond acceptors (Lipinski definition) is 3. The van der Waals surface area contributed by atoms with Crippen LogP contribution >= 0.6 is 0 Å². The number of benzene rings is 4. The lowest BCUT2D eigenvalue weighted by molar-refractivity contribution is 0.386. The fourth-order valence-electron chi connectivity index (χ4n) is 2.72. The van der Waals surface area contributed by atoms with Crippen molar-refractivity contribution in [2.24, 2.45) is 0 Å². The zero-order chi connectivity index (χ0) is 19.2. The molecule has 0 heterocycles. The molecule has 0 spiro atoms. The summed E-state index contributed by atoms with van der Waals surface area (Å²) < 4.78 is 18.4. The third-order valence-electron chi connectivity index (χ3n) is 3.99. The van der Waals surface area contributed by atoms with Gasteiger partial charge in [0.05, 0.1) is 0 Å². The van der Waals surface area contributed by atoms with Crippen LogP contribution in [0.15, 0.2) is 103 Å². The summed E-state index contributed by atoms with van der Waals surface area (Å²) in [6.45, 7) is 4.06. The van der Waals surface area contributed by atoms with Gasteiger partial charge in [-0.2, -0.15) is 0 Å². The van der Waals surface area contributed by atoms with Gasteiger partial charge in [-0.05, 0) is 61.0 Å². The van der Waals surface area contributed by atoms with Gasteiger partial charge in [0.15, 0.2) is 11.5 Å². The molecule has 1 radical (unpaired) electrons. The summed E-state index contributed by atoms with van der Waals surface area (Å²) in [6.07, 6.45) is 0. The zero-order valence-electron chi connectivity index (χ0n) is 15.2. The number of para-hydroxylation sites is 3. The molecular weight excluding hydrogens is 348 g/mol. The molecule has 4 aromatic rings. The fourth-order valence-corrected chi connectivity index (χ4v) is 2.72. The number of rotatable bonds is 6. The van der Waals surface area contributed by atoms with E-state index in [1.807, 2.05) is 103 Å². The van der Waals surface area contributed by atoms with Gasteiger partial charge in [-0.25, -0.2) is 0 Å².